The highest BCUT2D eigenvalue weighted by atomic mass is 32.2. The van der Waals surface area contributed by atoms with Gasteiger partial charge in [-0.25, -0.2) is 13.4 Å². The van der Waals surface area contributed by atoms with Crippen molar-refractivity contribution in [2.45, 2.75) is 31.1 Å². The Kier molecular flexibility index (Phi) is 4.07. The summed E-state index contributed by atoms with van der Waals surface area (Å²) in [4.78, 5) is 4.01. The molecule has 0 radical (unpaired) electrons. The van der Waals surface area contributed by atoms with Crippen LogP contribution in [0.15, 0.2) is 23.4 Å². The summed E-state index contributed by atoms with van der Waals surface area (Å²) in [6.45, 7) is 4.45. The van der Waals surface area contributed by atoms with Crippen LogP contribution in [0.5, 0.6) is 0 Å². The maximum atomic E-state index is 12.6. The summed E-state index contributed by atoms with van der Waals surface area (Å²) in [7, 11) is -1.91. The quantitative estimate of drug-likeness (QED) is 0.894. The van der Waals surface area contributed by atoms with Gasteiger partial charge in [-0.15, -0.1) is 0 Å². The lowest BCUT2D eigenvalue weighted by Crippen LogP contribution is -2.48. The lowest BCUT2D eigenvalue weighted by molar-refractivity contribution is -0.0441. The fourth-order valence-corrected chi connectivity index (χ4v) is 3.93. The average molecular weight is 285 g/mol. The molecule has 2 rings (SSSR count). The minimum absolute atomic E-state index is 0.0683. The number of morpholine rings is 1. The molecule has 1 aromatic rings. The van der Waals surface area contributed by atoms with Crippen molar-refractivity contribution in [1.82, 2.24) is 9.29 Å². The molecule has 1 aromatic heterocycles. The van der Waals surface area contributed by atoms with E-state index < -0.39 is 10.0 Å². The molecule has 1 aliphatic rings. The molecule has 2 unspecified atom stereocenters. The summed E-state index contributed by atoms with van der Waals surface area (Å²) in [5.74, 6) is 0. The molecule has 0 saturated carbocycles. The molecule has 0 spiro atoms. The van der Waals surface area contributed by atoms with Gasteiger partial charge in [-0.1, -0.05) is 0 Å². The Morgan fingerprint density at radius 2 is 2.00 bits per heavy atom. The number of nitrogens with one attached hydrogen (secondary N) is 1. The molecule has 0 bridgehead atoms. The minimum atomic E-state index is -3.59. The second-order valence-corrected chi connectivity index (χ2v) is 6.54. The number of ether oxygens (including phenoxy) is 1. The highest BCUT2D eigenvalue weighted by Crippen LogP contribution is 2.24. The Balaban J connectivity index is 2.36. The average Bonchev–Trinajstić information content (AvgIpc) is 2.37. The van der Waals surface area contributed by atoms with Crippen LogP contribution in [0.3, 0.4) is 0 Å². The first kappa shape index (κ1) is 14.2. The van der Waals surface area contributed by atoms with E-state index in [0.29, 0.717) is 18.8 Å². The third-order valence-corrected chi connectivity index (χ3v) is 4.80. The predicted octanol–water partition coefficient (Wildman–Crippen LogP) is 0.921. The number of sulfonamides is 1. The van der Waals surface area contributed by atoms with Crippen LogP contribution < -0.4 is 5.32 Å². The SMILES string of the molecule is CNc1cccnc1S(=O)(=O)N1CC(C)OC(C)C1. The molecule has 1 fully saturated rings. The van der Waals surface area contributed by atoms with Crippen LogP contribution >= 0.6 is 0 Å². The molecule has 0 aliphatic carbocycles. The van der Waals surface area contributed by atoms with Gasteiger partial charge in [0, 0.05) is 26.3 Å². The lowest BCUT2D eigenvalue weighted by atomic mass is 10.3. The van der Waals surface area contributed by atoms with Crippen molar-refractivity contribution in [3.63, 3.8) is 0 Å². The van der Waals surface area contributed by atoms with Crippen LogP contribution in [0, 0.1) is 0 Å². The highest BCUT2D eigenvalue weighted by Gasteiger charge is 2.34. The molecule has 2 atom stereocenters. The molecule has 0 amide bonds. The zero-order valence-corrected chi connectivity index (χ0v) is 12.1. The monoisotopic (exact) mass is 285 g/mol. The number of pyridine rings is 1. The summed E-state index contributed by atoms with van der Waals surface area (Å²) >= 11 is 0. The van der Waals surface area contributed by atoms with E-state index in [0.717, 1.165) is 0 Å². The largest absolute Gasteiger partial charge is 0.386 e. The van der Waals surface area contributed by atoms with Gasteiger partial charge in [0.15, 0.2) is 5.03 Å². The van der Waals surface area contributed by atoms with Crippen molar-refractivity contribution in [3.8, 4) is 0 Å². The van der Waals surface area contributed by atoms with Crippen molar-refractivity contribution in [2.24, 2.45) is 0 Å². The van der Waals surface area contributed by atoms with E-state index in [4.69, 9.17) is 4.74 Å². The summed E-state index contributed by atoms with van der Waals surface area (Å²) in [6, 6.07) is 3.41. The molecule has 1 N–H and O–H groups in total. The van der Waals surface area contributed by atoms with Gasteiger partial charge in [0.25, 0.3) is 10.0 Å². The Morgan fingerprint density at radius 3 is 2.58 bits per heavy atom. The Bertz CT molecular complexity index is 537. The van der Waals surface area contributed by atoms with E-state index in [-0.39, 0.29) is 17.2 Å². The van der Waals surface area contributed by atoms with Gasteiger partial charge in [-0.05, 0) is 26.0 Å². The van der Waals surface area contributed by atoms with Crippen LogP contribution in [-0.4, -0.2) is 50.1 Å². The van der Waals surface area contributed by atoms with Gasteiger partial charge < -0.3 is 10.1 Å². The first-order valence-corrected chi connectivity index (χ1v) is 7.67. The van der Waals surface area contributed by atoms with E-state index in [9.17, 15) is 8.42 Å². The van der Waals surface area contributed by atoms with Crippen molar-refractivity contribution < 1.29 is 13.2 Å². The topological polar surface area (TPSA) is 71.5 Å². The van der Waals surface area contributed by atoms with E-state index in [1.807, 2.05) is 13.8 Å². The summed E-state index contributed by atoms with van der Waals surface area (Å²) in [5.41, 5.74) is 0.509. The zero-order valence-electron chi connectivity index (χ0n) is 11.3. The molecule has 1 aliphatic heterocycles. The van der Waals surface area contributed by atoms with Gasteiger partial charge in [0.05, 0.1) is 17.9 Å². The Morgan fingerprint density at radius 1 is 1.37 bits per heavy atom. The fourth-order valence-electron chi connectivity index (χ4n) is 2.24. The van der Waals surface area contributed by atoms with Gasteiger partial charge in [0.1, 0.15) is 0 Å². The summed E-state index contributed by atoms with van der Waals surface area (Å²) in [5, 5.41) is 2.93. The number of nitrogens with zero attached hydrogens (tertiary/aromatic N) is 2. The molecule has 19 heavy (non-hydrogen) atoms. The molecule has 106 valence electrons. The van der Waals surface area contributed by atoms with Crippen LogP contribution in [-0.2, 0) is 14.8 Å². The Labute approximate surface area is 113 Å². The van der Waals surface area contributed by atoms with Gasteiger partial charge in [-0.2, -0.15) is 4.31 Å². The van der Waals surface area contributed by atoms with Crippen LogP contribution in [0.1, 0.15) is 13.8 Å². The molecular weight excluding hydrogens is 266 g/mol. The maximum Gasteiger partial charge on any atom is 0.262 e. The maximum absolute atomic E-state index is 12.6. The lowest BCUT2D eigenvalue weighted by Gasteiger charge is -2.34. The van der Waals surface area contributed by atoms with Crippen molar-refractivity contribution >= 4 is 15.7 Å². The number of anilines is 1. The first-order valence-electron chi connectivity index (χ1n) is 6.23. The summed E-state index contributed by atoms with van der Waals surface area (Å²) < 4.78 is 32.3. The second-order valence-electron chi connectivity index (χ2n) is 4.69. The number of hydrogen-bond acceptors (Lipinski definition) is 5. The van der Waals surface area contributed by atoms with Crippen LogP contribution in [0.2, 0.25) is 0 Å². The van der Waals surface area contributed by atoms with Gasteiger partial charge in [0.2, 0.25) is 0 Å². The predicted molar refractivity (Wildman–Crippen MR) is 72.6 cm³/mol. The Hall–Kier alpha value is -1.18. The van der Waals surface area contributed by atoms with Crippen LogP contribution in [0.4, 0.5) is 5.69 Å². The molecule has 7 heteroatoms. The van der Waals surface area contributed by atoms with Crippen molar-refractivity contribution in [2.75, 3.05) is 25.5 Å². The van der Waals surface area contributed by atoms with Crippen LogP contribution in [0.25, 0.3) is 0 Å². The van der Waals surface area contributed by atoms with Crippen molar-refractivity contribution in [3.05, 3.63) is 18.3 Å². The molecule has 1 saturated heterocycles. The molecule has 6 nitrogen and oxygen atoms in total. The highest BCUT2D eigenvalue weighted by molar-refractivity contribution is 7.89. The fraction of sp³-hybridized carbons (Fsp3) is 0.583. The van der Waals surface area contributed by atoms with E-state index in [2.05, 4.69) is 10.3 Å². The zero-order chi connectivity index (χ0) is 14.0. The minimum Gasteiger partial charge on any atom is -0.386 e. The van der Waals surface area contributed by atoms with E-state index >= 15 is 0 Å². The molecule has 2 heterocycles. The van der Waals surface area contributed by atoms with Gasteiger partial charge >= 0.3 is 0 Å². The van der Waals surface area contributed by atoms with E-state index in [1.54, 1.807) is 19.2 Å². The smallest absolute Gasteiger partial charge is 0.262 e. The molecule has 0 aromatic carbocycles. The molecular formula is C12H19N3O3S. The number of aromatic nitrogens is 1. The number of rotatable bonds is 3. The third-order valence-electron chi connectivity index (χ3n) is 3.01. The standard InChI is InChI=1S/C12H19N3O3S/c1-9-7-15(8-10(2)18-9)19(16,17)12-11(13-3)5-4-6-14-12/h4-6,9-10,13H,7-8H2,1-3H3. The third kappa shape index (κ3) is 2.88. The summed E-state index contributed by atoms with van der Waals surface area (Å²) in [6.07, 6.45) is 1.27. The van der Waals surface area contributed by atoms with Gasteiger partial charge in [-0.3, -0.25) is 0 Å². The normalized spacial score (nSPS) is 25.2. The first-order chi connectivity index (χ1) is 8.95. The van der Waals surface area contributed by atoms with E-state index in [1.165, 1.54) is 10.5 Å². The number of hydrogen-bond donors (Lipinski definition) is 1. The van der Waals surface area contributed by atoms with Crippen molar-refractivity contribution in [1.29, 1.82) is 0 Å². The second kappa shape index (κ2) is 5.44.